The Morgan fingerprint density at radius 1 is 1.55 bits per heavy atom. The molecule has 0 saturated carbocycles. The van der Waals surface area contributed by atoms with Gasteiger partial charge in [0.1, 0.15) is 0 Å². The zero-order valence-electron chi connectivity index (χ0n) is 6.89. The Kier molecular flexibility index (Phi) is 1.42. The van der Waals surface area contributed by atoms with Gasteiger partial charge in [-0.05, 0) is 25.8 Å². The molecule has 1 atom stereocenters. The van der Waals surface area contributed by atoms with Crippen LogP contribution in [0.2, 0.25) is 0 Å². The van der Waals surface area contributed by atoms with Crippen LogP contribution in [0.5, 0.6) is 0 Å². The van der Waals surface area contributed by atoms with E-state index < -0.39 is 0 Å². The lowest BCUT2D eigenvalue weighted by molar-refractivity contribution is -0.131. The van der Waals surface area contributed by atoms with Gasteiger partial charge >= 0.3 is 0 Å². The maximum atomic E-state index is 11.6. The first-order valence-electron chi connectivity index (χ1n) is 4.25. The van der Waals surface area contributed by atoms with Gasteiger partial charge in [-0.3, -0.25) is 4.79 Å². The molecule has 1 N–H and O–H groups in total. The minimum absolute atomic E-state index is 0.144. The lowest BCUT2D eigenvalue weighted by Crippen LogP contribution is -2.46. The van der Waals surface area contributed by atoms with E-state index in [2.05, 4.69) is 5.32 Å². The monoisotopic (exact) mass is 154 g/mol. The van der Waals surface area contributed by atoms with Crippen LogP contribution in [0, 0.1) is 0 Å². The van der Waals surface area contributed by atoms with Crippen molar-refractivity contribution in [1.29, 1.82) is 0 Å². The van der Waals surface area contributed by atoms with Crippen molar-refractivity contribution >= 4 is 5.91 Å². The third-order valence-electron chi connectivity index (χ3n) is 2.87. The second-order valence-electron chi connectivity index (χ2n) is 3.59. The van der Waals surface area contributed by atoms with E-state index in [4.69, 9.17) is 0 Å². The summed E-state index contributed by atoms with van der Waals surface area (Å²) in [5, 5.41) is 3.32. The molecule has 2 aliphatic heterocycles. The van der Waals surface area contributed by atoms with Gasteiger partial charge < -0.3 is 10.2 Å². The number of likely N-dealkylation sites (N-methyl/N-ethyl adjacent to an activating group) is 1. The molecule has 1 unspecified atom stereocenters. The zero-order valence-corrected chi connectivity index (χ0v) is 6.89. The van der Waals surface area contributed by atoms with Crippen molar-refractivity contribution in [3.8, 4) is 0 Å². The predicted molar refractivity (Wildman–Crippen MR) is 42.2 cm³/mol. The van der Waals surface area contributed by atoms with Gasteiger partial charge in [-0.1, -0.05) is 0 Å². The second kappa shape index (κ2) is 2.21. The zero-order chi connectivity index (χ0) is 7.90. The topological polar surface area (TPSA) is 32.3 Å². The molecule has 0 radical (unpaired) electrons. The van der Waals surface area contributed by atoms with E-state index in [0.717, 1.165) is 32.4 Å². The minimum Gasteiger partial charge on any atom is -0.344 e. The van der Waals surface area contributed by atoms with E-state index in [1.54, 1.807) is 0 Å². The van der Waals surface area contributed by atoms with Crippen LogP contribution in [0.3, 0.4) is 0 Å². The first-order valence-corrected chi connectivity index (χ1v) is 4.25. The van der Waals surface area contributed by atoms with Crippen molar-refractivity contribution in [2.75, 3.05) is 20.1 Å². The molecule has 2 rings (SSSR count). The number of amides is 1. The molecule has 3 nitrogen and oxygen atoms in total. The summed E-state index contributed by atoms with van der Waals surface area (Å²) in [6, 6.07) is 0. The van der Waals surface area contributed by atoms with Gasteiger partial charge in [0.05, 0.1) is 5.54 Å². The summed E-state index contributed by atoms with van der Waals surface area (Å²) in [5.74, 6) is 0.301. The molecule has 2 aliphatic rings. The molecule has 2 fully saturated rings. The molecule has 2 saturated heterocycles. The summed E-state index contributed by atoms with van der Waals surface area (Å²) in [7, 11) is 1.89. The van der Waals surface area contributed by atoms with E-state index >= 15 is 0 Å². The van der Waals surface area contributed by atoms with Crippen molar-refractivity contribution in [1.82, 2.24) is 10.2 Å². The van der Waals surface area contributed by atoms with Crippen LogP contribution in [0.4, 0.5) is 0 Å². The van der Waals surface area contributed by atoms with Crippen LogP contribution in [0.1, 0.15) is 19.3 Å². The standard InChI is InChI=1S/C8H14N2O/c1-10-6-4-8(7(10)11)3-2-5-9-8/h9H,2-6H2,1H3. The minimum atomic E-state index is -0.144. The second-order valence-corrected chi connectivity index (χ2v) is 3.59. The third-order valence-corrected chi connectivity index (χ3v) is 2.87. The van der Waals surface area contributed by atoms with E-state index in [-0.39, 0.29) is 5.54 Å². The number of hydrogen-bond donors (Lipinski definition) is 1. The third kappa shape index (κ3) is 0.872. The highest BCUT2D eigenvalue weighted by atomic mass is 16.2. The maximum Gasteiger partial charge on any atom is 0.242 e. The fourth-order valence-electron chi connectivity index (χ4n) is 2.13. The van der Waals surface area contributed by atoms with Crippen molar-refractivity contribution in [3.63, 3.8) is 0 Å². The van der Waals surface area contributed by atoms with Crippen LogP contribution in [0.15, 0.2) is 0 Å². The molecule has 2 heterocycles. The average Bonchev–Trinajstić information content (AvgIpc) is 2.56. The van der Waals surface area contributed by atoms with Gasteiger partial charge in [-0.25, -0.2) is 0 Å². The molecule has 0 aliphatic carbocycles. The number of nitrogens with zero attached hydrogens (tertiary/aromatic N) is 1. The Balaban J connectivity index is 2.20. The first kappa shape index (κ1) is 7.10. The smallest absolute Gasteiger partial charge is 0.242 e. The molecule has 0 aromatic rings. The van der Waals surface area contributed by atoms with E-state index in [0.29, 0.717) is 5.91 Å². The Morgan fingerprint density at radius 2 is 2.36 bits per heavy atom. The van der Waals surface area contributed by atoms with Crippen molar-refractivity contribution in [2.24, 2.45) is 0 Å². The Bertz CT molecular complexity index is 185. The maximum absolute atomic E-state index is 11.6. The summed E-state index contributed by atoms with van der Waals surface area (Å²) < 4.78 is 0. The fraction of sp³-hybridized carbons (Fsp3) is 0.875. The highest BCUT2D eigenvalue weighted by Gasteiger charge is 2.46. The number of carbonyl (C=O) groups excluding carboxylic acids is 1. The van der Waals surface area contributed by atoms with Crippen LogP contribution < -0.4 is 5.32 Å². The van der Waals surface area contributed by atoms with E-state index in [1.807, 2.05) is 11.9 Å². The lowest BCUT2D eigenvalue weighted by atomic mass is 9.96. The van der Waals surface area contributed by atoms with Gasteiger partial charge in [0.15, 0.2) is 0 Å². The SMILES string of the molecule is CN1CCC2(CCCN2)C1=O. The summed E-state index contributed by atoms with van der Waals surface area (Å²) >= 11 is 0. The van der Waals surface area contributed by atoms with Gasteiger partial charge in [-0.15, -0.1) is 0 Å². The van der Waals surface area contributed by atoms with Gasteiger partial charge in [0.25, 0.3) is 0 Å². The molecule has 1 amide bonds. The molecule has 0 aromatic heterocycles. The normalized spacial score (nSPS) is 37.5. The van der Waals surface area contributed by atoms with Gasteiger partial charge in [0.2, 0.25) is 5.91 Å². The first-order chi connectivity index (χ1) is 5.25. The predicted octanol–water partition coefficient (Wildman–Crippen LogP) is -0.0293. The molecular weight excluding hydrogens is 140 g/mol. The van der Waals surface area contributed by atoms with Crippen LogP contribution in [-0.2, 0) is 4.79 Å². The van der Waals surface area contributed by atoms with Gasteiger partial charge in [-0.2, -0.15) is 0 Å². The molecule has 0 aromatic carbocycles. The van der Waals surface area contributed by atoms with Crippen LogP contribution >= 0.6 is 0 Å². The number of likely N-dealkylation sites (tertiary alicyclic amines) is 1. The Hall–Kier alpha value is -0.570. The summed E-state index contributed by atoms with van der Waals surface area (Å²) in [6.07, 6.45) is 3.19. The molecule has 62 valence electrons. The van der Waals surface area contributed by atoms with Crippen molar-refractivity contribution in [2.45, 2.75) is 24.8 Å². The number of carbonyl (C=O) groups is 1. The van der Waals surface area contributed by atoms with Crippen LogP contribution in [-0.4, -0.2) is 36.5 Å². The largest absolute Gasteiger partial charge is 0.344 e. The number of hydrogen-bond acceptors (Lipinski definition) is 2. The summed E-state index contributed by atoms with van der Waals surface area (Å²) in [5.41, 5.74) is -0.144. The highest BCUT2D eigenvalue weighted by Crippen LogP contribution is 2.30. The molecular formula is C8H14N2O. The van der Waals surface area contributed by atoms with Crippen LogP contribution in [0.25, 0.3) is 0 Å². The molecule has 0 bridgehead atoms. The lowest BCUT2D eigenvalue weighted by Gasteiger charge is -2.20. The quantitative estimate of drug-likeness (QED) is 0.531. The Morgan fingerprint density at radius 3 is 2.82 bits per heavy atom. The average molecular weight is 154 g/mol. The summed E-state index contributed by atoms with van der Waals surface area (Å²) in [6.45, 7) is 1.94. The number of rotatable bonds is 0. The Labute approximate surface area is 66.8 Å². The fourth-order valence-corrected chi connectivity index (χ4v) is 2.13. The molecule has 1 spiro atoms. The van der Waals surface area contributed by atoms with Crippen molar-refractivity contribution < 1.29 is 4.79 Å². The molecule has 3 heteroatoms. The van der Waals surface area contributed by atoms with E-state index in [1.165, 1.54) is 0 Å². The van der Waals surface area contributed by atoms with E-state index in [9.17, 15) is 4.79 Å². The van der Waals surface area contributed by atoms with Crippen molar-refractivity contribution in [3.05, 3.63) is 0 Å². The summed E-state index contributed by atoms with van der Waals surface area (Å²) in [4.78, 5) is 13.4. The molecule has 11 heavy (non-hydrogen) atoms. The number of nitrogens with one attached hydrogen (secondary N) is 1. The highest BCUT2D eigenvalue weighted by molar-refractivity contribution is 5.88. The van der Waals surface area contributed by atoms with Gasteiger partial charge in [0, 0.05) is 13.6 Å².